The smallest absolute Gasteiger partial charge is 0.0254 e. The van der Waals surface area contributed by atoms with Crippen LogP contribution < -0.4 is 5.32 Å². The SMILES string of the molecule is CCCC(C)NCC1CCCC1CCl. The van der Waals surface area contributed by atoms with Crippen LogP contribution in [0.5, 0.6) is 0 Å². The van der Waals surface area contributed by atoms with Crippen LogP contribution in [0.15, 0.2) is 0 Å². The quantitative estimate of drug-likeness (QED) is 0.673. The number of nitrogens with one attached hydrogen (secondary N) is 1. The molecule has 1 N–H and O–H groups in total. The van der Waals surface area contributed by atoms with Gasteiger partial charge in [-0.2, -0.15) is 0 Å². The Morgan fingerprint density at radius 2 is 2.07 bits per heavy atom. The standard InChI is InChI=1S/C12H24ClN/c1-3-5-10(2)14-9-12-7-4-6-11(12)8-13/h10-12,14H,3-9H2,1-2H3. The summed E-state index contributed by atoms with van der Waals surface area (Å²) in [6.45, 7) is 5.71. The first-order valence-electron chi connectivity index (χ1n) is 6.07. The van der Waals surface area contributed by atoms with E-state index in [1.807, 2.05) is 0 Å². The van der Waals surface area contributed by atoms with E-state index in [1.165, 1.54) is 38.6 Å². The molecule has 0 amide bonds. The Morgan fingerprint density at radius 1 is 1.36 bits per heavy atom. The van der Waals surface area contributed by atoms with E-state index in [2.05, 4.69) is 19.2 Å². The number of rotatable bonds is 6. The van der Waals surface area contributed by atoms with Crippen molar-refractivity contribution < 1.29 is 0 Å². The third-order valence-electron chi connectivity index (χ3n) is 3.46. The molecular formula is C12H24ClN. The molecule has 0 radical (unpaired) electrons. The number of halogens is 1. The maximum Gasteiger partial charge on any atom is 0.0254 e. The van der Waals surface area contributed by atoms with Crippen molar-refractivity contribution in [3.63, 3.8) is 0 Å². The average Bonchev–Trinajstić information content (AvgIpc) is 2.62. The van der Waals surface area contributed by atoms with Gasteiger partial charge in [-0.1, -0.05) is 19.8 Å². The Hall–Kier alpha value is 0.250. The van der Waals surface area contributed by atoms with Crippen molar-refractivity contribution >= 4 is 11.6 Å². The van der Waals surface area contributed by atoms with Crippen molar-refractivity contribution in [3.05, 3.63) is 0 Å². The van der Waals surface area contributed by atoms with E-state index in [4.69, 9.17) is 11.6 Å². The highest BCUT2D eigenvalue weighted by Gasteiger charge is 2.26. The van der Waals surface area contributed by atoms with Gasteiger partial charge < -0.3 is 5.32 Å². The highest BCUT2D eigenvalue weighted by atomic mass is 35.5. The third kappa shape index (κ3) is 3.78. The number of hydrogen-bond acceptors (Lipinski definition) is 1. The lowest BCUT2D eigenvalue weighted by Gasteiger charge is -2.20. The first kappa shape index (κ1) is 12.3. The van der Waals surface area contributed by atoms with Gasteiger partial charge in [0.15, 0.2) is 0 Å². The van der Waals surface area contributed by atoms with Crippen LogP contribution in [0.1, 0.15) is 46.0 Å². The van der Waals surface area contributed by atoms with E-state index in [9.17, 15) is 0 Å². The number of hydrogen-bond donors (Lipinski definition) is 1. The maximum absolute atomic E-state index is 5.95. The van der Waals surface area contributed by atoms with E-state index >= 15 is 0 Å². The second-order valence-electron chi connectivity index (χ2n) is 4.70. The van der Waals surface area contributed by atoms with E-state index in [1.54, 1.807) is 0 Å². The molecule has 1 nitrogen and oxygen atoms in total. The van der Waals surface area contributed by atoms with Crippen molar-refractivity contribution in [2.24, 2.45) is 11.8 Å². The molecule has 0 aromatic rings. The summed E-state index contributed by atoms with van der Waals surface area (Å²) in [5.41, 5.74) is 0. The minimum Gasteiger partial charge on any atom is -0.314 e. The first-order chi connectivity index (χ1) is 6.77. The lowest BCUT2D eigenvalue weighted by Crippen LogP contribution is -2.32. The van der Waals surface area contributed by atoms with Gasteiger partial charge in [-0.05, 0) is 44.6 Å². The zero-order valence-corrected chi connectivity index (χ0v) is 10.3. The largest absolute Gasteiger partial charge is 0.314 e. The van der Waals surface area contributed by atoms with E-state index < -0.39 is 0 Å². The minimum absolute atomic E-state index is 0.677. The molecule has 1 fully saturated rings. The summed E-state index contributed by atoms with van der Waals surface area (Å²) in [6.07, 6.45) is 6.67. The van der Waals surface area contributed by atoms with E-state index in [0.717, 1.165) is 17.7 Å². The van der Waals surface area contributed by atoms with Gasteiger partial charge in [0, 0.05) is 11.9 Å². The van der Waals surface area contributed by atoms with Crippen LogP contribution in [0.2, 0.25) is 0 Å². The lowest BCUT2D eigenvalue weighted by molar-refractivity contribution is 0.368. The molecule has 3 atom stereocenters. The zero-order valence-electron chi connectivity index (χ0n) is 9.56. The molecule has 0 spiro atoms. The predicted molar refractivity (Wildman–Crippen MR) is 63.9 cm³/mol. The molecule has 1 saturated carbocycles. The normalized spacial score (nSPS) is 29.4. The summed E-state index contributed by atoms with van der Waals surface area (Å²) in [5.74, 6) is 2.47. The van der Waals surface area contributed by atoms with Crippen LogP contribution in [0, 0.1) is 11.8 Å². The molecule has 84 valence electrons. The minimum atomic E-state index is 0.677. The lowest BCUT2D eigenvalue weighted by atomic mass is 9.97. The summed E-state index contributed by atoms with van der Waals surface area (Å²) in [5, 5.41) is 3.63. The van der Waals surface area contributed by atoms with Crippen LogP contribution in [0.3, 0.4) is 0 Å². The summed E-state index contributed by atoms with van der Waals surface area (Å²) < 4.78 is 0. The highest BCUT2D eigenvalue weighted by Crippen LogP contribution is 2.32. The Kier molecular flexibility index (Phi) is 5.88. The third-order valence-corrected chi connectivity index (χ3v) is 3.86. The molecule has 0 aromatic heterocycles. The Morgan fingerprint density at radius 3 is 2.71 bits per heavy atom. The molecule has 1 rings (SSSR count). The second-order valence-corrected chi connectivity index (χ2v) is 5.01. The fourth-order valence-electron chi connectivity index (χ4n) is 2.47. The van der Waals surface area contributed by atoms with Gasteiger partial charge in [0.2, 0.25) is 0 Å². The van der Waals surface area contributed by atoms with Crippen LogP contribution in [-0.4, -0.2) is 18.5 Å². The monoisotopic (exact) mass is 217 g/mol. The van der Waals surface area contributed by atoms with E-state index in [0.29, 0.717) is 6.04 Å². The molecule has 0 heterocycles. The molecule has 0 aromatic carbocycles. The number of alkyl halides is 1. The van der Waals surface area contributed by atoms with Gasteiger partial charge in [0.25, 0.3) is 0 Å². The molecule has 0 aliphatic heterocycles. The summed E-state index contributed by atoms with van der Waals surface area (Å²) in [7, 11) is 0. The molecule has 0 saturated heterocycles. The molecule has 1 aliphatic carbocycles. The average molecular weight is 218 g/mol. The van der Waals surface area contributed by atoms with Crippen LogP contribution in [0.25, 0.3) is 0 Å². The molecule has 0 bridgehead atoms. The van der Waals surface area contributed by atoms with Crippen molar-refractivity contribution in [2.45, 2.75) is 52.0 Å². The Balaban J connectivity index is 2.16. The fraction of sp³-hybridized carbons (Fsp3) is 1.00. The van der Waals surface area contributed by atoms with Crippen LogP contribution in [0.4, 0.5) is 0 Å². The van der Waals surface area contributed by atoms with Crippen molar-refractivity contribution in [1.29, 1.82) is 0 Å². The Bertz CT molecular complexity index is 149. The molecule has 1 aliphatic rings. The van der Waals surface area contributed by atoms with Gasteiger partial charge >= 0.3 is 0 Å². The van der Waals surface area contributed by atoms with Gasteiger partial charge in [-0.3, -0.25) is 0 Å². The van der Waals surface area contributed by atoms with Crippen molar-refractivity contribution in [1.82, 2.24) is 5.32 Å². The Labute approximate surface area is 93.6 Å². The second kappa shape index (κ2) is 6.68. The van der Waals surface area contributed by atoms with Crippen LogP contribution >= 0.6 is 11.6 Å². The first-order valence-corrected chi connectivity index (χ1v) is 6.60. The topological polar surface area (TPSA) is 12.0 Å². The molecular weight excluding hydrogens is 194 g/mol. The van der Waals surface area contributed by atoms with Gasteiger partial charge in [0.05, 0.1) is 0 Å². The molecule has 3 unspecified atom stereocenters. The van der Waals surface area contributed by atoms with Gasteiger partial charge in [-0.25, -0.2) is 0 Å². The predicted octanol–water partition coefficient (Wildman–Crippen LogP) is 3.42. The van der Waals surface area contributed by atoms with E-state index in [-0.39, 0.29) is 0 Å². The molecule has 2 heteroatoms. The van der Waals surface area contributed by atoms with Gasteiger partial charge in [0.1, 0.15) is 0 Å². The van der Waals surface area contributed by atoms with Gasteiger partial charge in [-0.15, -0.1) is 11.6 Å². The summed E-state index contributed by atoms with van der Waals surface area (Å²) in [4.78, 5) is 0. The van der Waals surface area contributed by atoms with Crippen molar-refractivity contribution in [3.8, 4) is 0 Å². The summed E-state index contributed by atoms with van der Waals surface area (Å²) in [6, 6.07) is 0.677. The van der Waals surface area contributed by atoms with Crippen LogP contribution in [-0.2, 0) is 0 Å². The summed E-state index contributed by atoms with van der Waals surface area (Å²) >= 11 is 5.95. The fourth-order valence-corrected chi connectivity index (χ4v) is 2.88. The molecule has 14 heavy (non-hydrogen) atoms. The highest BCUT2D eigenvalue weighted by molar-refractivity contribution is 6.18. The zero-order chi connectivity index (χ0) is 10.4. The maximum atomic E-state index is 5.95. The van der Waals surface area contributed by atoms with Crippen molar-refractivity contribution in [2.75, 3.05) is 12.4 Å².